The van der Waals surface area contributed by atoms with Crippen molar-refractivity contribution in [2.75, 3.05) is 36.9 Å². The van der Waals surface area contributed by atoms with Crippen molar-refractivity contribution in [3.05, 3.63) is 36.5 Å². The second-order valence-electron chi connectivity index (χ2n) is 6.72. The molecular weight excluding hydrogens is 366 g/mol. The fourth-order valence-electron chi connectivity index (χ4n) is 3.25. The van der Waals surface area contributed by atoms with Gasteiger partial charge in [0.15, 0.2) is 0 Å². The number of nitrogens with zero attached hydrogens (tertiary/aromatic N) is 2. The summed E-state index contributed by atoms with van der Waals surface area (Å²) in [6.07, 6.45) is 4.11. The molecule has 0 radical (unpaired) electrons. The van der Waals surface area contributed by atoms with Crippen LogP contribution in [0, 0.1) is 5.92 Å². The van der Waals surface area contributed by atoms with E-state index in [0.29, 0.717) is 11.7 Å². The summed E-state index contributed by atoms with van der Waals surface area (Å²) in [4.78, 5) is 6.59. The first-order valence-corrected chi connectivity index (χ1v) is 10.4. The molecule has 1 aliphatic rings. The van der Waals surface area contributed by atoms with E-state index in [1.807, 2.05) is 6.07 Å². The lowest BCUT2D eigenvalue weighted by Crippen LogP contribution is -2.34. The van der Waals surface area contributed by atoms with Crippen molar-refractivity contribution >= 4 is 21.5 Å². The van der Waals surface area contributed by atoms with E-state index in [0.717, 1.165) is 25.2 Å². The summed E-state index contributed by atoms with van der Waals surface area (Å²) < 4.78 is 38.3. The van der Waals surface area contributed by atoms with E-state index in [4.69, 9.17) is 9.47 Å². The van der Waals surface area contributed by atoms with Crippen LogP contribution in [0.25, 0.3) is 0 Å². The molecule has 146 valence electrons. The van der Waals surface area contributed by atoms with Gasteiger partial charge in [0.25, 0.3) is 10.0 Å². The molecule has 1 aromatic heterocycles. The summed E-state index contributed by atoms with van der Waals surface area (Å²) in [5.74, 6) is 1.64. The van der Waals surface area contributed by atoms with E-state index in [-0.39, 0.29) is 16.5 Å². The van der Waals surface area contributed by atoms with Gasteiger partial charge in [-0.1, -0.05) is 6.92 Å². The van der Waals surface area contributed by atoms with Crippen LogP contribution in [-0.2, 0) is 10.0 Å². The molecule has 0 aliphatic carbocycles. The van der Waals surface area contributed by atoms with E-state index >= 15 is 0 Å². The molecule has 27 heavy (non-hydrogen) atoms. The molecule has 0 saturated carbocycles. The second-order valence-corrected chi connectivity index (χ2v) is 8.37. The second kappa shape index (κ2) is 8.04. The first kappa shape index (κ1) is 19.3. The van der Waals surface area contributed by atoms with Gasteiger partial charge in [0.05, 0.1) is 26.1 Å². The van der Waals surface area contributed by atoms with E-state index in [1.165, 1.54) is 32.8 Å². The average Bonchev–Trinajstić information content (AvgIpc) is 2.67. The van der Waals surface area contributed by atoms with E-state index in [2.05, 4.69) is 21.5 Å². The number of anilines is 2. The number of aromatic nitrogens is 1. The number of sulfonamides is 1. The first-order valence-electron chi connectivity index (χ1n) is 8.89. The van der Waals surface area contributed by atoms with Crippen molar-refractivity contribution in [2.24, 2.45) is 5.92 Å². The maximum atomic E-state index is 12.7. The van der Waals surface area contributed by atoms with Gasteiger partial charge in [0.1, 0.15) is 22.2 Å². The Morgan fingerprint density at radius 2 is 2.00 bits per heavy atom. The number of piperidine rings is 1. The summed E-state index contributed by atoms with van der Waals surface area (Å²) in [6.45, 7) is 4.24. The highest BCUT2D eigenvalue weighted by atomic mass is 32.2. The molecule has 1 fully saturated rings. The third-order valence-corrected chi connectivity index (χ3v) is 6.06. The Labute approximate surface area is 160 Å². The molecule has 2 heterocycles. The Hall–Kier alpha value is -2.48. The maximum absolute atomic E-state index is 12.7. The summed E-state index contributed by atoms with van der Waals surface area (Å²) in [7, 11) is -0.907. The van der Waals surface area contributed by atoms with Crippen LogP contribution in [0.15, 0.2) is 41.4 Å². The third kappa shape index (κ3) is 4.44. The highest BCUT2D eigenvalue weighted by Gasteiger charge is 2.21. The zero-order valence-electron chi connectivity index (χ0n) is 15.8. The fraction of sp³-hybridized carbons (Fsp3) is 0.421. The molecule has 8 heteroatoms. The largest absolute Gasteiger partial charge is 0.497 e. The molecule has 1 N–H and O–H groups in total. The van der Waals surface area contributed by atoms with Crippen molar-refractivity contribution in [1.82, 2.24) is 4.98 Å². The molecule has 0 bridgehead atoms. The number of benzene rings is 1. The molecule has 7 nitrogen and oxygen atoms in total. The van der Waals surface area contributed by atoms with Crippen LogP contribution >= 0.6 is 0 Å². The summed E-state index contributed by atoms with van der Waals surface area (Å²) in [6, 6.07) is 8.13. The maximum Gasteiger partial charge on any atom is 0.266 e. The molecule has 1 aliphatic heterocycles. The number of methoxy groups -OCH3 is 2. The topological polar surface area (TPSA) is 80.8 Å². The van der Waals surface area contributed by atoms with Crippen molar-refractivity contribution in [3.63, 3.8) is 0 Å². The Bertz CT molecular complexity index is 884. The molecule has 3 rings (SSSR count). The standard InChI is InChI=1S/C19H25N3O4S/c1-14-5-4-10-22(13-14)15-6-9-19(20-12-15)21-27(23,24)18-8-7-16(25-2)11-17(18)26-3/h6-9,11-12,14H,4-5,10,13H2,1-3H3,(H,20,21). The van der Waals surface area contributed by atoms with Gasteiger partial charge in [-0.3, -0.25) is 4.72 Å². The smallest absolute Gasteiger partial charge is 0.266 e. The van der Waals surface area contributed by atoms with Crippen LogP contribution in [0.2, 0.25) is 0 Å². The van der Waals surface area contributed by atoms with Crippen LogP contribution in [0.5, 0.6) is 11.5 Å². The number of ether oxygens (including phenoxy) is 2. The average molecular weight is 391 g/mol. The lowest BCUT2D eigenvalue weighted by Gasteiger charge is -2.32. The van der Waals surface area contributed by atoms with Crippen molar-refractivity contribution in [3.8, 4) is 11.5 Å². The number of pyridine rings is 1. The number of hydrogen-bond donors (Lipinski definition) is 1. The van der Waals surface area contributed by atoms with Gasteiger partial charge in [0, 0.05) is 19.2 Å². The first-order chi connectivity index (χ1) is 12.9. The lowest BCUT2D eigenvalue weighted by molar-refractivity contribution is 0.386. The SMILES string of the molecule is COc1ccc(S(=O)(=O)Nc2ccc(N3CCCC(C)C3)cn2)c(OC)c1. The van der Waals surface area contributed by atoms with Gasteiger partial charge in [-0.2, -0.15) is 0 Å². The summed E-state index contributed by atoms with van der Waals surface area (Å²) in [5, 5.41) is 0. The fourth-order valence-corrected chi connectivity index (χ4v) is 4.41. The zero-order valence-corrected chi connectivity index (χ0v) is 16.6. The van der Waals surface area contributed by atoms with E-state index in [1.54, 1.807) is 18.3 Å². The quantitative estimate of drug-likeness (QED) is 0.815. The zero-order chi connectivity index (χ0) is 19.4. The number of rotatable bonds is 6. The Balaban J connectivity index is 1.78. The number of nitrogens with one attached hydrogen (secondary N) is 1. The van der Waals surface area contributed by atoms with Gasteiger partial charge < -0.3 is 14.4 Å². The molecule has 1 saturated heterocycles. The van der Waals surface area contributed by atoms with Crippen molar-refractivity contribution < 1.29 is 17.9 Å². The Kier molecular flexibility index (Phi) is 5.74. The summed E-state index contributed by atoms with van der Waals surface area (Å²) in [5.41, 5.74) is 1.01. The Morgan fingerprint density at radius 1 is 1.19 bits per heavy atom. The van der Waals surface area contributed by atoms with Crippen molar-refractivity contribution in [1.29, 1.82) is 0 Å². The van der Waals surface area contributed by atoms with Gasteiger partial charge in [-0.25, -0.2) is 13.4 Å². The molecule has 0 amide bonds. The minimum atomic E-state index is -3.83. The normalized spacial score (nSPS) is 17.4. The molecule has 1 atom stereocenters. The highest BCUT2D eigenvalue weighted by molar-refractivity contribution is 7.92. The van der Waals surface area contributed by atoms with Crippen LogP contribution < -0.4 is 19.1 Å². The van der Waals surface area contributed by atoms with Crippen molar-refractivity contribution in [2.45, 2.75) is 24.7 Å². The van der Waals surface area contributed by atoms with E-state index in [9.17, 15) is 8.42 Å². The van der Waals surface area contributed by atoms with Gasteiger partial charge in [-0.05, 0) is 43.0 Å². The van der Waals surface area contributed by atoms with Crippen LogP contribution in [-0.4, -0.2) is 40.7 Å². The molecule has 0 spiro atoms. The molecule has 1 aromatic carbocycles. The summed E-state index contributed by atoms with van der Waals surface area (Å²) >= 11 is 0. The Morgan fingerprint density at radius 3 is 2.63 bits per heavy atom. The molecule has 1 unspecified atom stereocenters. The highest BCUT2D eigenvalue weighted by Crippen LogP contribution is 2.30. The van der Waals surface area contributed by atoms with E-state index < -0.39 is 10.0 Å². The minimum Gasteiger partial charge on any atom is -0.497 e. The van der Waals surface area contributed by atoms with Crippen LogP contribution in [0.3, 0.4) is 0 Å². The number of hydrogen-bond acceptors (Lipinski definition) is 6. The van der Waals surface area contributed by atoms with Gasteiger partial charge in [0.2, 0.25) is 0 Å². The monoisotopic (exact) mass is 391 g/mol. The van der Waals surface area contributed by atoms with Gasteiger partial charge >= 0.3 is 0 Å². The predicted octanol–water partition coefficient (Wildman–Crippen LogP) is 3.14. The molecular formula is C19H25N3O4S. The van der Waals surface area contributed by atoms with Gasteiger partial charge in [-0.15, -0.1) is 0 Å². The van der Waals surface area contributed by atoms with Crippen LogP contribution in [0.4, 0.5) is 11.5 Å². The van der Waals surface area contributed by atoms with Crippen LogP contribution in [0.1, 0.15) is 19.8 Å². The predicted molar refractivity (Wildman–Crippen MR) is 105 cm³/mol. The third-order valence-electron chi connectivity index (χ3n) is 4.67. The lowest BCUT2D eigenvalue weighted by atomic mass is 10.00. The molecule has 2 aromatic rings. The minimum absolute atomic E-state index is 0.0292.